The van der Waals surface area contributed by atoms with Crippen LogP contribution in [0.2, 0.25) is 0 Å². The van der Waals surface area contributed by atoms with Crippen molar-refractivity contribution in [1.29, 1.82) is 0 Å². The van der Waals surface area contributed by atoms with Gasteiger partial charge in [0.1, 0.15) is 0 Å². The molecule has 0 amide bonds. The van der Waals surface area contributed by atoms with Gasteiger partial charge in [-0.3, -0.25) is 4.90 Å². The molecular weight excluding hydrogens is 208 g/mol. The van der Waals surface area contributed by atoms with Crippen LogP contribution in [-0.2, 0) is 0 Å². The van der Waals surface area contributed by atoms with Crippen LogP contribution in [0.15, 0.2) is 0 Å². The third-order valence-corrected chi connectivity index (χ3v) is 5.25. The molecule has 1 saturated heterocycles. The van der Waals surface area contributed by atoms with Crippen molar-refractivity contribution < 1.29 is 0 Å². The summed E-state index contributed by atoms with van der Waals surface area (Å²) >= 11 is 0. The fraction of sp³-hybridized carbons (Fsp3) is 1.00. The predicted octanol–water partition coefficient (Wildman–Crippen LogP) is 3.16. The quantitative estimate of drug-likeness (QED) is 0.800. The summed E-state index contributed by atoms with van der Waals surface area (Å²) in [4.78, 5) is 2.78. The van der Waals surface area contributed by atoms with E-state index in [0.717, 1.165) is 18.5 Å². The number of likely N-dealkylation sites (tertiary alicyclic amines) is 1. The van der Waals surface area contributed by atoms with E-state index >= 15 is 0 Å². The maximum atomic E-state index is 6.19. The summed E-state index contributed by atoms with van der Waals surface area (Å²) in [6.07, 6.45) is 11.0. The first-order chi connectivity index (χ1) is 8.18. The van der Waals surface area contributed by atoms with Crippen LogP contribution in [0, 0.1) is 5.92 Å². The van der Waals surface area contributed by atoms with E-state index in [1.165, 1.54) is 57.9 Å². The van der Waals surface area contributed by atoms with Crippen molar-refractivity contribution >= 4 is 0 Å². The molecule has 17 heavy (non-hydrogen) atoms. The molecule has 1 aliphatic carbocycles. The average Bonchev–Trinajstić information content (AvgIpc) is 2.56. The van der Waals surface area contributed by atoms with Crippen molar-refractivity contribution in [3.8, 4) is 0 Å². The number of nitrogens with zero attached hydrogens (tertiary/aromatic N) is 1. The van der Waals surface area contributed by atoms with Crippen LogP contribution in [0.3, 0.4) is 0 Å². The Labute approximate surface area is 107 Å². The highest BCUT2D eigenvalue weighted by molar-refractivity contribution is 4.97. The van der Waals surface area contributed by atoms with E-state index in [2.05, 4.69) is 18.7 Å². The Balaban J connectivity index is 2.09. The van der Waals surface area contributed by atoms with Crippen LogP contribution in [0.5, 0.6) is 0 Å². The third kappa shape index (κ3) is 2.85. The topological polar surface area (TPSA) is 29.3 Å². The molecule has 0 aromatic carbocycles. The molecule has 2 heteroatoms. The highest BCUT2D eigenvalue weighted by Gasteiger charge is 2.40. The summed E-state index contributed by atoms with van der Waals surface area (Å²) in [7, 11) is 0. The first-order valence-corrected chi connectivity index (χ1v) is 7.65. The van der Waals surface area contributed by atoms with Crippen LogP contribution in [0.25, 0.3) is 0 Å². The maximum Gasteiger partial charge on any atom is 0.0334 e. The molecule has 1 atom stereocenters. The lowest BCUT2D eigenvalue weighted by molar-refractivity contribution is 0.0167. The standard InChI is InChI=1S/C15H30N2/c1-13-7-9-15(12-16,10-8-13)17-11-5-3-4-6-14(17)2/h13-14H,3-12,16H2,1-2H3. The molecule has 2 rings (SSSR count). The van der Waals surface area contributed by atoms with Crippen molar-refractivity contribution in [3.63, 3.8) is 0 Å². The van der Waals surface area contributed by atoms with Gasteiger partial charge in [-0.2, -0.15) is 0 Å². The van der Waals surface area contributed by atoms with E-state index in [-0.39, 0.29) is 0 Å². The Kier molecular flexibility index (Phi) is 4.48. The lowest BCUT2D eigenvalue weighted by Gasteiger charge is -2.49. The first kappa shape index (κ1) is 13.4. The van der Waals surface area contributed by atoms with Crippen molar-refractivity contribution in [2.24, 2.45) is 11.7 Å². The van der Waals surface area contributed by atoms with Gasteiger partial charge >= 0.3 is 0 Å². The first-order valence-electron chi connectivity index (χ1n) is 7.65. The van der Waals surface area contributed by atoms with Crippen LogP contribution in [-0.4, -0.2) is 29.6 Å². The molecular formula is C15H30N2. The molecule has 0 aromatic rings. The number of hydrogen-bond acceptors (Lipinski definition) is 2. The molecule has 2 nitrogen and oxygen atoms in total. The lowest BCUT2D eigenvalue weighted by Crippen LogP contribution is -2.58. The normalized spacial score (nSPS) is 41.1. The van der Waals surface area contributed by atoms with Gasteiger partial charge in [0.15, 0.2) is 0 Å². The minimum absolute atomic E-state index is 0.344. The van der Waals surface area contributed by atoms with E-state index in [1.807, 2.05) is 0 Å². The molecule has 1 saturated carbocycles. The van der Waals surface area contributed by atoms with Crippen LogP contribution in [0.1, 0.15) is 65.2 Å². The molecule has 0 bridgehead atoms. The molecule has 0 radical (unpaired) electrons. The summed E-state index contributed by atoms with van der Waals surface area (Å²) in [5.41, 5.74) is 6.53. The zero-order valence-electron chi connectivity index (χ0n) is 11.8. The number of nitrogens with two attached hydrogens (primary N) is 1. The van der Waals surface area contributed by atoms with E-state index < -0.39 is 0 Å². The summed E-state index contributed by atoms with van der Waals surface area (Å²) in [5.74, 6) is 0.914. The Morgan fingerprint density at radius 1 is 1.06 bits per heavy atom. The van der Waals surface area contributed by atoms with Crippen molar-refractivity contribution in [2.45, 2.75) is 76.8 Å². The van der Waals surface area contributed by atoms with E-state index in [0.29, 0.717) is 5.54 Å². The summed E-state index contributed by atoms with van der Waals surface area (Å²) in [6, 6.07) is 0.745. The average molecular weight is 238 g/mol. The second kappa shape index (κ2) is 5.71. The predicted molar refractivity (Wildman–Crippen MR) is 74.1 cm³/mol. The van der Waals surface area contributed by atoms with Crippen LogP contribution < -0.4 is 5.73 Å². The smallest absolute Gasteiger partial charge is 0.0334 e. The minimum atomic E-state index is 0.344. The maximum absolute atomic E-state index is 6.19. The van der Waals surface area contributed by atoms with Crippen molar-refractivity contribution in [1.82, 2.24) is 4.90 Å². The van der Waals surface area contributed by atoms with E-state index in [9.17, 15) is 0 Å². The minimum Gasteiger partial charge on any atom is -0.329 e. The molecule has 2 fully saturated rings. The molecule has 0 aromatic heterocycles. The van der Waals surface area contributed by atoms with Gasteiger partial charge in [-0.05, 0) is 57.9 Å². The van der Waals surface area contributed by atoms with Crippen molar-refractivity contribution in [3.05, 3.63) is 0 Å². The Morgan fingerprint density at radius 2 is 1.76 bits per heavy atom. The molecule has 1 unspecified atom stereocenters. The Hall–Kier alpha value is -0.0800. The molecule has 1 heterocycles. The molecule has 1 aliphatic heterocycles. The van der Waals surface area contributed by atoms with Gasteiger partial charge in [-0.25, -0.2) is 0 Å². The van der Waals surface area contributed by atoms with Gasteiger partial charge in [0, 0.05) is 18.1 Å². The van der Waals surface area contributed by atoms with Gasteiger partial charge in [0.25, 0.3) is 0 Å². The summed E-state index contributed by atoms with van der Waals surface area (Å²) < 4.78 is 0. The van der Waals surface area contributed by atoms with E-state index in [1.54, 1.807) is 0 Å². The molecule has 100 valence electrons. The highest BCUT2D eigenvalue weighted by atomic mass is 15.2. The fourth-order valence-electron chi connectivity index (χ4n) is 3.89. The third-order valence-electron chi connectivity index (χ3n) is 5.25. The van der Waals surface area contributed by atoms with Gasteiger partial charge in [0.05, 0.1) is 0 Å². The van der Waals surface area contributed by atoms with E-state index in [4.69, 9.17) is 5.73 Å². The monoisotopic (exact) mass is 238 g/mol. The Bertz CT molecular complexity index is 231. The largest absolute Gasteiger partial charge is 0.329 e. The lowest BCUT2D eigenvalue weighted by atomic mass is 9.75. The van der Waals surface area contributed by atoms with Crippen LogP contribution >= 0.6 is 0 Å². The van der Waals surface area contributed by atoms with Gasteiger partial charge < -0.3 is 5.73 Å². The number of hydrogen-bond donors (Lipinski definition) is 1. The van der Waals surface area contributed by atoms with Crippen molar-refractivity contribution in [2.75, 3.05) is 13.1 Å². The molecule has 2 N–H and O–H groups in total. The van der Waals surface area contributed by atoms with Gasteiger partial charge in [-0.1, -0.05) is 19.8 Å². The SMILES string of the molecule is CC1CCC(CN)(N2CCCCCC2C)CC1. The zero-order chi connectivity index (χ0) is 12.3. The van der Waals surface area contributed by atoms with Gasteiger partial charge in [0.2, 0.25) is 0 Å². The fourth-order valence-corrected chi connectivity index (χ4v) is 3.89. The highest BCUT2D eigenvalue weighted by Crippen LogP contribution is 2.38. The number of rotatable bonds is 2. The zero-order valence-corrected chi connectivity index (χ0v) is 11.8. The second-order valence-electron chi connectivity index (χ2n) is 6.50. The summed E-state index contributed by atoms with van der Waals surface area (Å²) in [5, 5.41) is 0. The van der Waals surface area contributed by atoms with Gasteiger partial charge in [-0.15, -0.1) is 0 Å². The summed E-state index contributed by atoms with van der Waals surface area (Å²) in [6.45, 7) is 6.96. The second-order valence-corrected chi connectivity index (χ2v) is 6.50. The van der Waals surface area contributed by atoms with Crippen LogP contribution in [0.4, 0.5) is 0 Å². The molecule has 0 spiro atoms. The molecule has 2 aliphatic rings. The Morgan fingerprint density at radius 3 is 2.41 bits per heavy atom.